The smallest absolute Gasteiger partial charge is 0.290 e. The Morgan fingerprint density at radius 2 is 2.29 bits per heavy atom. The van der Waals surface area contributed by atoms with Gasteiger partial charge in [0, 0.05) is 24.7 Å². The van der Waals surface area contributed by atoms with Crippen LogP contribution in [0.2, 0.25) is 0 Å². The van der Waals surface area contributed by atoms with Crippen LogP contribution < -0.4 is 10.9 Å². The molecule has 1 aliphatic heterocycles. The minimum absolute atomic E-state index is 0.197. The van der Waals surface area contributed by atoms with Crippen LogP contribution in [0.15, 0.2) is 15.4 Å². The summed E-state index contributed by atoms with van der Waals surface area (Å²) in [6, 6.07) is 1.99. The van der Waals surface area contributed by atoms with Gasteiger partial charge in [0.25, 0.3) is 11.5 Å². The van der Waals surface area contributed by atoms with E-state index in [1.807, 2.05) is 0 Å². The number of aromatic nitrogens is 1. The molecular formula is C15H25N3O3. The van der Waals surface area contributed by atoms with Crippen molar-refractivity contribution in [2.45, 2.75) is 52.1 Å². The van der Waals surface area contributed by atoms with E-state index in [1.165, 1.54) is 18.9 Å². The van der Waals surface area contributed by atoms with Crippen molar-refractivity contribution in [3.63, 3.8) is 0 Å². The SMILES string of the molecule is Cc1cc(=O)n(C(=O)CN(CC2CCCCN2)C(C)C)o1. The summed E-state index contributed by atoms with van der Waals surface area (Å²) in [5, 5.41) is 3.49. The minimum atomic E-state index is -0.392. The molecule has 0 aromatic carbocycles. The third kappa shape index (κ3) is 4.28. The molecule has 0 amide bonds. The molecule has 6 heteroatoms. The average molecular weight is 295 g/mol. The lowest BCUT2D eigenvalue weighted by atomic mass is 10.0. The Morgan fingerprint density at radius 3 is 2.81 bits per heavy atom. The number of rotatable bonds is 5. The Hall–Kier alpha value is -1.40. The monoisotopic (exact) mass is 295 g/mol. The van der Waals surface area contributed by atoms with Gasteiger partial charge in [-0.15, -0.1) is 4.74 Å². The molecule has 6 nitrogen and oxygen atoms in total. The first kappa shape index (κ1) is 16.0. The molecule has 0 spiro atoms. The lowest BCUT2D eigenvalue weighted by Gasteiger charge is -2.32. The van der Waals surface area contributed by atoms with Crippen molar-refractivity contribution in [1.82, 2.24) is 15.0 Å². The molecule has 1 aromatic heterocycles. The Bertz CT molecular complexity index is 527. The van der Waals surface area contributed by atoms with Crippen LogP contribution in [0, 0.1) is 6.92 Å². The van der Waals surface area contributed by atoms with Gasteiger partial charge in [0.15, 0.2) is 0 Å². The number of carbonyl (C=O) groups is 1. The number of nitrogens with zero attached hydrogens (tertiary/aromatic N) is 2. The predicted octanol–water partition coefficient (Wildman–Crippen LogP) is 1.24. The van der Waals surface area contributed by atoms with Gasteiger partial charge in [-0.2, -0.15) is 0 Å². The molecular weight excluding hydrogens is 270 g/mol. The molecule has 2 heterocycles. The Morgan fingerprint density at radius 1 is 1.52 bits per heavy atom. The Balaban J connectivity index is 2.00. The van der Waals surface area contributed by atoms with E-state index in [2.05, 4.69) is 24.1 Å². The van der Waals surface area contributed by atoms with Crippen LogP contribution in [0.5, 0.6) is 0 Å². The van der Waals surface area contributed by atoms with E-state index in [0.717, 1.165) is 24.3 Å². The van der Waals surface area contributed by atoms with Crippen LogP contribution in [0.3, 0.4) is 0 Å². The highest BCUT2D eigenvalue weighted by atomic mass is 16.5. The van der Waals surface area contributed by atoms with Gasteiger partial charge in [-0.1, -0.05) is 6.42 Å². The third-order valence-electron chi connectivity index (χ3n) is 3.92. The van der Waals surface area contributed by atoms with Crippen LogP contribution in [-0.2, 0) is 0 Å². The number of carbonyl (C=O) groups excluding carboxylic acids is 1. The van der Waals surface area contributed by atoms with Gasteiger partial charge in [-0.3, -0.25) is 14.5 Å². The number of nitrogens with one attached hydrogen (secondary N) is 1. The van der Waals surface area contributed by atoms with Gasteiger partial charge >= 0.3 is 0 Å². The highest BCUT2D eigenvalue weighted by Gasteiger charge is 2.22. The standard InChI is InChI=1S/C15H25N3O3/c1-11(2)17(9-13-6-4-5-7-16-13)10-15(20)18-14(19)8-12(3)21-18/h8,11,13,16H,4-7,9-10H2,1-3H3. The summed E-state index contributed by atoms with van der Waals surface area (Å²) >= 11 is 0. The molecule has 0 bridgehead atoms. The number of piperidine rings is 1. The Labute approximate surface area is 125 Å². The summed E-state index contributed by atoms with van der Waals surface area (Å²) in [7, 11) is 0. The molecule has 0 aliphatic carbocycles. The molecule has 118 valence electrons. The molecule has 1 unspecified atom stereocenters. The average Bonchev–Trinajstić information content (AvgIpc) is 2.78. The summed E-state index contributed by atoms with van der Waals surface area (Å²) < 4.78 is 6.02. The zero-order valence-electron chi connectivity index (χ0n) is 13.1. The summed E-state index contributed by atoms with van der Waals surface area (Å²) in [5.41, 5.74) is -0.392. The fraction of sp³-hybridized carbons (Fsp3) is 0.733. The molecule has 0 saturated carbocycles. The normalized spacial score (nSPS) is 19.4. The first-order valence-corrected chi connectivity index (χ1v) is 7.68. The lowest BCUT2D eigenvalue weighted by molar-refractivity contribution is 0.0675. The molecule has 0 radical (unpaired) electrons. The zero-order valence-corrected chi connectivity index (χ0v) is 13.1. The molecule has 1 atom stereocenters. The molecule has 1 aliphatic rings. The van der Waals surface area contributed by atoms with E-state index < -0.39 is 5.56 Å². The van der Waals surface area contributed by atoms with E-state index >= 15 is 0 Å². The lowest BCUT2D eigenvalue weighted by Crippen LogP contribution is -2.48. The molecule has 1 N–H and O–H groups in total. The fourth-order valence-corrected chi connectivity index (χ4v) is 2.68. The second-order valence-electron chi connectivity index (χ2n) is 6.04. The van der Waals surface area contributed by atoms with Gasteiger partial charge in [-0.25, -0.2) is 0 Å². The number of hydrogen-bond donors (Lipinski definition) is 1. The van der Waals surface area contributed by atoms with E-state index in [0.29, 0.717) is 11.8 Å². The predicted molar refractivity (Wildman–Crippen MR) is 80.7 cm³/mol. The summed E-state index contributed by atoms with van der Waals surface area (Å²) in [4.78, 5) is 26.0. The maximum absolute atomic E-state index is 12.2. The maximum Gasteiger partial charge on any atom is 0.290 e. The van der Waals surface area contributed by atoms with Crippen molar-refractivity contribution < 1.29 is 9.32 Å². The van der Waals surface area contributed by atoms with Crippen LogP contribution in [-0.4, -0.2) is 47.3 Å². The van der Waals surface area contributed by atoms with Crippen molar-refractivity contribution in [3.8, 4) is 0 Å². The molecule has 1 aromatic rings. The highest BCUT2D eigenvalue weighted by molar-refractivity contribution is 5.79. The third-order valence-corrected chi connectivity index (χ3v) is 3.92. The quantitative estimate of drug-likeness (QED) is 0.885. The van der Waals surface area contributed by atoms with Crippen LogP contribution >= 0.6 is 0 Å². The maximum atomic E-state index is 12.2. The van der Waals surface area contributed by atoms with Gasteiger partial charge < -0.3 is 9.84 Å². The molecule has 2 rings (SSSR count). The van der Waals surface area contributed by atoms with Crippen molar-refractivity contribution in [2.24, 2.45) is 0 Å². The van der Waals surface area contributed by atoms with Gasteiger partial charge in [0.2, 0.25) is 0 Å². The van der Waals surface area contributed by atoms with Crippen molar-refractivity contribution in [3.05, 3.63) is 22.2 Å². The summed E-state index contributed by atoms with van der Waals surface area (Å²) in [6.45, 7) is 7.85. The van der Waals surface area contributed by atoms with Crippen LogP contribution in [0.4, 0.5) is 0 Å². The summed E-state index contributed by atoms with van der Waals surface area (Å²) in [6.07, 6.45) is 3.59. The number of aryl methyl sites for hydroxylation is 1. The second kappa shape index (κ2) is 7.04. The first-order valence-electron chi connectivity index (χ1n) is 7.68. The van der Waals surface area contributed by atoms with Gasteiger partial charge in [-0.05, 0) is 40.2 Å². The fourth-order valence-electron chi connectivity index (χ4n) is 2.68. The van der Waals surface area contributed by atoms with E-state index in [9.17, 15) is 9.59 Å². The van der Waals surface area contributed by atoms with Crippen LogP contribution in [0.25, 0.3) is 0 Å². The zero-order chi connectivity index (χ0) is 15.4. The first-order chi connectivity index (χ1) is 9.97. The topological polar surface area (TPSA) is 67.5 Å². The van der Waals surface area contributed by atoms with Crippen molar-refractivity contribution in [2.75, 3.05) is 19.6 Å². The van der Waals surface area contributed by atoms with Crippen LogP contribution in [0.1, 0.15) is 43.7 Å². The van der Waals surface area contributed by atoms with E-state index in [4.69, 9.17) is 4.52 Å². The van der Waals surface area contributed by atoms with Gasteiger partial charge in [0.05, 0.1) is 6.54 Å². The molecule has 21 heavy (non-hydrogen) atoms. The Kier molecular flexibility index (Phi) is 5.36. The summed E-state index contributed by atoms with van der Waals surface area (Å²) in [5.74, 6) is 0.149. The number of hydrogen-bond acceptors (Lipinski definition) is 5. The molecule has 1 fully saturated rings. The highest BCUT2D eigenvalue weighted by Crippen LogP contribution is 2.10. The second-order valence-corrected chi connectivity index (χ2v) is 6.04. The minimum Gasteiger partial charge on any atom is -0.373 e. The van der Waals surface area contributed by atoms with Crippen molar-refractivity contribution >= 4 is 5.91 Å². The largest absolute Gasteiger partial charge is 0.373 e. The van der Waals surface area contributed by atoms with E-state index in [-0.39, 0.29) is 18.5 Å². The van der Waals surface area contributed by atoms with Crippen molar-refractivity contribution in [1.29, 1.82) is 0 Å². The van der Waals surface area contributed by atoms with Gasteiger partial charge in [0.1, 0.15) is 5.76 Å². The molecule has 1 saturated heterocycles. The van der Waals surface area contributed by atoms with E-state index in [1.54, 1.807) is 6.92 Å².